The number of urea groups is 1. The molecule has 1 aromatic rings. The fourth-order valence-corrected chi connectivity index (χ4v) is 4.68. The van der Waals surface area contributed by atoms with Crippen LogP contribution in [0.2, 0.25) is 0 Å². The number of piperidine rings is 1. The van der Waals surface area contributed by atoms with E-state index in [0.717, 1.165) is 64.3 Å². The van der Waals surface area contributed by atoms with Gasteiger partial charge in [0.25, 0.3) is 0 Å². The van der Waals surface area contributed by atoms with E-state index in [1.165, 1.54) is 17.5 Å². The van der Waals surface area contributed by atoms with E-state index in [-0.39, 0.29) is 11.4 Å². The topological polar surface area (TPSA) is 44.8 Å². The Bertz CT molecular complexity index is 698. The van der Waals surface area contributed by atoms with Crippen molar-refractivity contribution in [1.82, 2.24) is 10.2 Å². The maximum atomic E-state index is 12.9. The van der Waals surface area contributed by atoms with Crippen LogP contribution in [0.3, 0.4) is 0 Å². The van der Waals surface area contributed by atoms with Gasteiger partial charge in [-0.1, -0.05) is 32.9 Å². The lowest BCUT2D eigenvalue weighted by atomic mass is 9.86. The number of carbonyl (C=O) groups excluding carboxylic acids is 1. The minimum absolute atomic E-state index is 0.0740. The van der Waals surface area contributed by atoms with E-state index in [0.29, 0.717) is 12.0 Å². The second-order valence-electron chi connectivity index (χ2n) is 9.75. The molecule has 0 radical (unpaired) electrons. The van der Waals surface area contributed by atoms with Crippen molar-refractivity contribution in [3.63, 3.8) is 0 Å². The summed E-state index contributed by atoms with van der Waals surface area (Å²) in [6, 6.07) is 6.96. The van der Waals surface area contributed by atoms with Gasteiger partial charge in [0.1, 0.15) is 0 Å². The number of carbonyl (C=O) groups is 1. The predicted octanol–water partition coefficient (Wildman–Crippen LogP) is 3.56. The molecule has 2 fully saturated rings. The highest BCUT2D eigenvalue weighted by Gasteiger charge is 2.29. The van der Waals surface area contributed by atoms with E-state index < -0.39 is 0 Å². The first-order chi connectivity index (χ1) is 13.4. The quantitative estimate of drug-likeness (QED) is 0.865. The van der Waals surface area contributed by atoms with E-state index in [2.05, 4.69) is 49.2 Å². The van der Waals surface area contributed by atoms with Crippen LogP contribution < -0.4 is 10.2 Å². The molecule has 5 heteroatoms. The van der Waals surface area contributed by atoms with Crippen LogP contribution >= 0.6 is 0 Å². The van der Waals surface area contributed by atoms with Gasteiger partial charge in [0.15, 0.2) is 0 Å². The maximum Gasteiger partial charge on any atom is 0.322 e. The Morgan fingerprint density at radius 2 is 1.96 bits per heavy atom. The highest BCUT2D eigenvalue weighted by atomic mass is 16.5. The third-order valence-electron chi connectivity index (χ3n) is 6.54. The summed E-state index contributed by atoms with van der Waals surface area (Å²) < 4.78 is 5.49. The highest BCUT2D eigenvalue weighted by molar-refractivity contribution is 5.94. The first-order valence-electron chi connectivity index (χ1n) is 10.9. The maximum absolute atomic E-state index is 12.9. The summed E-state index contributed by atoms with van der Waals surface area (Å²) in [5.74, 6) is 0.699. The van der Waals surface area contributed by atoms with Crippen molar-refractivity contribution < 1.29 is 9.53 Å². The molecule has 0 bridgehead atoms. The molecule has 3 aliphatic rings. The molecule has 2 saturated heterocycles. The van der Waals surface area contributed by atoms with Gasteiger partial charge >= 0.3 is 6.03 Å². The normalized spacial score (nSPS) is 23.8. The molecule has 154 valence electrons. The van der Waals surface area contributed by atoms with Crippen molar-refractivity contribution in [2.24, 2.45) is 5.92 Å². The molecule has 0 aromatic heterocycles. The SMILES string of the molecule is CC(C)(C)c1ccc2c(c1)CCN2C(=O)NC1CCN(CC2CCOC2)CC1. The zero-order valence-corrected chi connectivity index (χ0v) is 17.7. The van der Waals surface area contributed by atoms with E-state index in [1.54, 1.807) is 0 Å². The first kappa shape index (κ1) is 19.7. The number of fused-ring (bicyclic) bond motifs is 1. The Morgan fingerprint density at radius 3 is 2.64 bits per heavy atom. The van der Waals surface area contributed by atoms with Crippen LogP contribution in [0.1, 0.15) is 51.2 Å². The van der Waals surface area contributed by atoms with E-state index in [9.17, 15) is 4.79 Å². The molecule has 0 saturated carbocycles. The lowest BCUT2D eigenvalue weighted by Crippen LogP contribution is -2.49. The number of hydrogen-bond donors (Lipinski definition) is 1. The zero-order chi connectivity index (χ0) is 19.7. The smallest absolute Gasteiger partial charge is 0.322 e. The molecule has 0 aliphatic carbocycles. The molecule has 2 amide bonds. The van der Waals surface area contributed by atoms with Crippen LogP contribution in [0.15, 0.2) is 18.2 Å². The lowest BCUT2D eigenvalue weighted by molar-refractivity contribution is 0.148. The first-order valence-corrected chi connectivity index (χ1v) is 10.9. The second-order valence-corrected chi connectivity index (χ2v) is 9.75. The third-order valence-corrected chi connectivity index (χ3v) is 6.54. The van der Waals surface area contributed by atoms with Crippen molar-refractivity contribution in [2.45, 2.75) is 57.9 Å². The van der Waals surface area contributed by atoms with Crippen molar-refractivity contribution >= 4 is 11.7 Å². The Labute approximate surface area is 169 Å². The summed E-state index contributed by atoms with van der Waals surface area (Å²) in [7, 11) is 0. The molecule has 28 heavy (non-hydrogen) atoms. The Kier molecular flexibility index (Phi) is 5.66. The fourth-order valence-electron chi connectivity index (χ4n) is 4.68. The highest BCUT2D eigenvalue weighted by Crippen LogP contribution is 2.33. The molecule has 0 spiro atoms. The molecule has 1 aromatic carbocycles. The van der Waals surface area contributed by atoms with Crippen molar-refractivity contribution in [1.29, 1.82) is 0 Å². The number of amides is 2. The van der Waals surface area contributed by atoms with Crippen LogP contribution in [0.4, 0.5) is 10.5 Å². The second kappa shape index (κ2) is 8.03. The van der Waals surface area contributed by atoms with Gasteiger partial charge in [-0.2, -0.15) is 0 Å². The van der Waals surface area contributed by atoms with Crippen molar-refractivity contribution in [2.75, 3.05) is 44.3 Å². The van der Waals surface area contributed by atoms with Gasteiger partial charge in [-0.15, -0.1) is 0 Å². The third kappa shape index (κ3) is 4.36. The number of rotatable bonds is 3. The molecular formula is C23H35N3O2. The number of benzene rings is 1. The van der Waals surface area contributed by atoms with Gasteiger partial charge in [-0.05, 0) is 54.2 Å². The minimum Gasteiger partial charge on any atom is -0.381 e. The molecule has 3 heterocycles. The number of anilines is 1. The van der Waals surface area contributed by atoms with E-state index in [4.69, 9.17) is 4.74 Å². The molecule has 1 N–H and O–H groups in total. The average molecular weight is 386 g/mol. The van der Waals surface area contributed by atoms with Gasteiger partial charge in [0.2, 0.25) is 0 Å². The van der Waals surface area contributed by atoms with E-state index in [1.807, 2.05) is 4.90 Å². The monoisotopic (exact) mass is 385 g/mol. The Morgan fingerprint density at radius 1 is 1.18 bits per heavy atom. The molecule has 5 nitrogen and oxygen atoms in total. The molecule has 1 unspecified atom stereocenters. The Balaban J connectivity index is 1.30. The summed E-state index contributed by atoms with van der Waals surface area (Å²) in [6.07, 6.45) is 4.24. The van der Waals surface area contributed by atoms with E-state index >= 15 is 0 Å². The summed E-state index contributed by atoms with van der Waals surface area (Å²) in [4.78, 5) is 17.4. The van der Waals surface area contributed by atoms with Crippen molar-refractivity contribution in [3.8, 4) is 0 Å². The van der Waals surface area contributed by atoms with Gasteiger partial charge in [0, 0.05) is 44.5 Å². The van der Waals surface area contributed by atoms with Crippen LogP contribution in [0.25, 0.3) is 0 Å². The minimum atomic E-state index is 0.0740. The van der Waals surface area contributed by atoms with Crippen LogP contribution in [0.5, 0.6) is 0 Å². The average Bonchev–Trinajstić information content (AvgIpc) is 3.31. The van der Waals surface area contributed by atoms with Gasteiger partial charge in [-0.3, -0.25) is 4.90 Å². The number of likely N-dealkylation sites (tertiary alicyclic amines) is 1. The van der Waals surface area contributed by atoms with Crippen LogP contribution in [-0.4, -0.2) is 56.4 Å². The van der Waals surface area contributed by atoms with Gasteiger partial charge < -0.3 is 15.0 Å². The number of hydrogen-bond acceptors (Lipinski definition) is 3. The molecule has 4 rings (SSSR count). The van der Waals surface area contributed by atoms with Crippen molar-refractivity contribution in [3.05, 3.63) is 29.3 Å². The standard InChI is InChI=1S/C23H35N3O2/c1-23(2,3)19-4-5-21-18(14-19)6-12-26(21)22(27)24-20-7-10-25(11-8-20)15-17-9-13-28-16-17/h4-5,14,17,20H,6-13,15-16H2,1-3H3,(H,24,27). The summed E-state index contributed by atoms with van der Waals surface area (Å²) in [6.45, 7) is 12.6. The number of nitrogens with zero attached hydrogens (tertiary/aromatic N) is 2. The lowest BCUT2D eigenvalue weighted by Gasteiger charge is -2.34. The van der Waals surface area contributed by atoms with Crippen LogP contribution in [0, 0.1) is 5.92 Å². The largest absolute Gasteiger partial charge is 0.381 e. The number of ether oxygens (including phenoxy) is 1. The van der Waals surface area contributed by atoms with Gasteiger partial charge in [0.05, 0.1) is 6.61 Å². The summed E-state index contributed by atoms with van der Waals surface area (Å²) in [5, 5.41) is 3.30. The Hall–Kier alpha value is -1.59. The van der Waals surface area contributed by atoms with Gasteiger partial charge in [-0.25, -0.2) is 4.79 Å². The zero-order valence-electron chi connectivity index (χ0n) is 17.7. The molecule has 1 atom stereocenters. The summed E-state index contributed by atoms with van der Waals surface area (Å²) in [5.41, 5.74) is 3.87. The number of nitrogens with one attached hydrogen (secondary N) is 1. The fraction of sp³-hybridized carbons (Fsp3) is 0.696. The van der Waals surface area contributed by atoms with Crippen LogP contribution in [-0.2, 0) is 16.6 Å². The summed E-state index contributed by atoms with van der Waals surface area (Å²) >= 11 is 0. The molecule has 3 aliphatic heterocycles. The predicted molar refractivity (Wildman–Crippen MR) is 113 cm³/mol. The molecular weight excluding hydrogens is 350 g/mol.